The largest absolute Gasteiger partial charge is 0.340 e. The zero-order valence-electron chi connectivity index (χ0n) is 16.7. The first-order chi connectivity index (χ1) is 15.2. The third-order valence-corrected chi connectivity index (χ3v) is 6.25. The van der Waals surface area contributed by atoms with Crippen molar-refractivity contribution in [1.29, 1.82) is 0 Å². The third kappa shape index (κ3) is 4.12. The van der Waals surface area contributed by atoms with Gasteiger partial charge in [0, 0.05) is 31.6 Å². The molecule has 0 spiro atoms. The molecule has 0 bridgehead atoms. The van der Waals surface area contributed by atoms with E-state index >= 15 is 0 Å². The number of hydrogen-bond acceptors (Lipinski definition) is 8. The highest BCUT2D eigenvalue weighted by molar-refractivity contribution is 7.13. The van der Waals surface area contributed by atoms with Gasteiger partial charge < -0.3 is 9.42 Å². The summed E-state index contributed by atoms with van der Waals surface area (Å²) < 4.78 is 5.38. The maximum absolute atomic E-state index is 12.8. The van der Waals surface area contributed by atoms with Gasteiger partial charge in [0.1, 0.15) is 0 Å². The van der Waals surface area contributed by atoms with Crippen molar-refractivity contribution in [1.82, 2.24) is 30.1 Å². The van der Waals surface area contributed by atoms with Crippen molar-refractivity contribution in [3.8, 4) is 10.7 Å². The number of nitrogens with one attached hydrogen (secondary N) is 1. The Kier molecular flexibility index (Phi) is 5.31. The number of nitrogens with zero attached hydrogens (tertiary/aromatic N) is 5. The van der Waals surface area contributed by atoms with E-state index in [0.717, 1.165) is 23.4 Å². The second kappa shape index (κ2) is 8.40. The maximum Gasteiger partial charge on any atom is 0.272 e. The van der Waals surface area contributed by atoms with Gasteiger partial charge in [-0.3, -0.25) is 14.5 Å². The van der Waals surface area contributed by atoms with Gasteiger partial charge in [-0.15, -0.1) is 11.3 Å². The molecule has 5 rings (SSSR count). The van der Waals surface area contributed by atoms with Crippen LogP contribution in [0.5, 0.6) is 0 Å². The Labute approximate surface area is 181 Å². The summed E-state index contributed by atoms with van der Waals surface area (Å²) in [6.07, 6.45) is 0.158. The molecule has 0 aliphatic carbocycles. The Morgan fingerprint density at radius 1 is 1.10 bits per heavy atom. The second-order valence-electron chi connectivity index (χ2n) is 7.37. The lowest BCUT2D eigenvalue weighted by molar-refractivity contribution is -0.132. The predicted octanol–water partition coefficient (Wildman–Crippen LogP) is 1.92. The number of fused-ring (bicyclic) bond motifs is 1. The lowest BCUT2D eigenvalue weighted by Gasteiger charge is -2.34. The molecule has 10 heteroatoms. The standard InChI is InChI=1S/C21H20N6O3S/c28-19(12-16-14-4-1-2-5-15(14)21(29)24-23-16)27-9-7-26(8-10-27)13-18-22-20(25-30-18)17-6-3-11-31-17/h1-6,11H,7-10,12-13H2,(H,24,29). The molecule has 0 radical (unpaired) electrons. The van der Waals surface area contributed by atoms with Gasteiger partial charge in [0.2, 0.25) is 17.6 Å². The fourth-order valence-corrected chi connectivity index (χ4v) is 4.38. The lowest BCUT2D eigenvalue weighted by atomic mass is 10.1. The quantitative estimate of drug-likeness (QED) is 0.509. The number of H-pyrrole nitrogens is 1. The van der Waals surface area contributed by atoms with E-state index in [1.807, 2.05) is 34.5 Å². The molecule has 4 heterocycles. The van der Waals surface area contributed by atoms with Crippen LogP contribution in [0.15, 0.2) is 51.1 Å². The third-order valence-electron chi connectivity index (χ3n) is 5.39. The van der Waals surface area contributed by atoms with E-state index < -0.39 is 0 Å². The van der Waals surface area contributed by atoms with E-state index in [2.05, 4.69) is 25.2 Å². The number of rotatable bonds is 5. The molecule has 4 aromatic rings. The fraction of sp³-hybridized carbons (Fsp3) is 0.286. The topological polar surface area (TPSA) is 108 Å². The van der Waals surface area contributed by atoms with Crippen LogP contribution in [0.4, 0.5) is 0 Å². The average Bonchev–Trinajstić information content (AvgIpc) is 3.48. The summed E-state index contributed by atoms with van der Waals surface area (Å²) in [4.78, 5) is 34.2. The van der Waals surface area contributed by atoms with Crippen LogP contribution < -0.4 is 5.56 Å². The van der Waals surface area contributed by atoms with Crippen molar-refractivity contribution in [3.05, 3.63) is 63.7 Å². The van der Waals surface area contributed by atoms with Crippen LogP contribution in [0, 0.1) is 0 Å². The minimum absolute atomic E-state index is 0.00197. The van der Waals surface area contributed by atoms with E-state index in [-0.39, 0.29) is 17.9 Å². The Balaban J connectivity index is 1.19. The highest BCUT2D eigenvalue weighted by atomic mass is 32.1. The predicted molar refractivity (Wildman–Crippen MR) is 116 cm³/mol. The zero-order valence-corrected chi connectivity index (χ0v) is 17.5. The molecule has 3 aromatic heterocycles. The smallest absolute Gasteiger partial charge is 0.272 e. The number of piperazine rings is 1. The fourth-order valence-electron chi connectivity index (χ4n) is 3.73. The van der Waals surface area contributed by atoms with Gasteiger partial charge >= 0.3 is 0 Å². The molecule has 1 fully saturated rings. The van der Waals surface area contributed by atoms with Crippen LogP contribution in [-0.2, 0) is 17.8 Å². The number of hydrogen-bond donors (Lipinski definition) is 1. The van der Waals surface area contributed by atoms with Crippen molar-refractivity contribution in [3.63, 3.8) is 0 Å². The van der Waals surface area contributed by atoms with Gasteiger partial charge in [0.25, 0.3) is 5.56 Å². The first-order valence-electron chi connectivity index (χ1n) is 10.0. The molecule has 1 aliphatic rings. The summed E-state index contributed by atoms with van der Waals surface area (Å²) in [7, 11) is 0. The Morgan fingerprint density at radius 2 is 1.90 bits per heavy atom. The first kappa shape index (κ1) is 19.6. The van der Waals surface area contributed by atoms with Gasteiger partial charge in [-0.2, -0.15) is 10.1 Å². The first-order valence-corrected chi connectivity index (χ1v) is 10.9. The molecule has 158 valence electrons. The summed E-state index contributed by atoms with van der Waals surface area (Å²) in [5.41, 5.74) is 0.346. The number of carbonyl (C=O) groups is 1. The Morgan fingerprint density at radius 3 is 2.68 bits per heavy atom. The van der Waals surface area contributed by atoms with Crippen LogP contribution in [0.1, 0.15) is 11.6 Å². The molecular weight excluding hydrogens is 416 g/mol. The Hall–Kier alpha value is -3.37. The summed E-state index contributed by atoms with van der Waals surface area (Å²) in [6, 6.07) is 11.1. The number of carbonyl (C=O) groups excluding carboxylic acids is 1. The maximum atomic E-state index is 12.8. The van der Waals surface area contributed by atoms with Crippen molar-refractivity contribution in [2.24, 2.45) is 0 Å². The number of amides is 1. The van der Waals surface area contributed by atoms with E-state index in [1.54, 1.807) is 23.5 Å². The minimum atomic E-state index is -0.247. The molecule has 9 nitrogen and oxygen atoms in total. The molecule has 1 aromatic carbocycles. The molecule has 31 heavy (non-hydrogen) atoms. The normalized spacial score (nSPS) is 14.9. The van der Waals surface area contributed by atoms with E-state index in [1.165, 1.54) is 0 Å². The molecule has 1 saturated heterocycles. The molecule has 0 saturated carbocycles. The van der Waals surface area contributed by atoms with Gasteiger partial charge in [-0.05, 0) is 17.5 Å². The number of thiophene rings is 1. The van der Waals surface area contributed by atoms with E-state index in [4.69, 9.17) is 4.52 Å². The SMILES string of the molecule is O=C(Cc1n[nH]c(=O)c2ccccc12)N1CCN(Cc2nc(-c3cccs3)no2)CC1. The molecule has 1 aliphatic heterocycles. The van der Waals surface area contributed by atoms with Crippen LogP contribution >= 0.6 is 11.3 Å². The summed E-state index contributed by atoms with van der Waals surface area (Å²) in [6.45, 7) is 3.25. The van der Waals surface area contributed by atoms with Crippen molar-refractivity contribution in [2.75, 3.05) is 26.2 Å². The van der Waals surface area contributed by atoms with E-state index in [0.29, 0.717) is 42.4 Å². The lowest BCUT2D eigenvalue weighted by Crippen LogP contribution is -2.48. The Bertz CT molecular complexity index is 1260. The van der Waals surface area contributed by atoms with Gasteiger partial charge in [0.15, 0.2) is 0 Å². The van der Waals surface area contributed by atoms with Crippen molar-refractivity contribution < 1.29 is 9.32 Å². The number of aromatic nitrogens is 4. The highest BCUT2D eigenvalue weighted by Crippen LogP contribution is 2.22. The van der Waals surface area contributed by atoms with Crippen LogP contribution in [-0.4, -0.2) is 62.2 Å². The number of benzene rings is 1. The summed E-state index contributed by atoms with van der Waals surface area (Å²) in [5, 5.41) is 13.9. The molecule has 1 amide bonds. The highest BCUT2D eigenvalue weighted by Gasteiger charge is 2.24. The molecule has 0 unspecified atom stereocenters. The van der Waals surface area contributed by atoms with Crippen LogP contribution in [0.25, 0.3) is 21.5 Å². The van der Waals surface area contributed by atoms with Gasteiger partial charge in [0.05, 0.1) is 28.9 Å². The van der Waals surface area contributed by atoms with Crippen molar-refractivity contribution >= 4 is 28.0 Å². The molecular formula is C21H20N6O3S. The minimum Gasteiger partial charge on any atom is -0.340 e. The monoisotopic (exact) mass is 436 g/mol. The number of aromatic amines is 1. The van der Waals surface area contributed by atoms with Gasteiger partial charge in [-0.25, -0.2) is 5.10 Å². The van der Waals surface area contributed by atoms with Crippen molar-refractivity contribution in [2.45, 2.75) is 13.0 Å². The zero-order chi connectivity index (χ0) is 21.2. The van der Waals surface area contributed by atoms with E-state index in [9.17, 15) is 9.59 Å². The molecule has 1 N–H and O–H groups in total. The van der Waals surface area contributed by atoms with Crippen LogP contribution in [0.2, 0.25) is 0 Å². The van der Waals surface area contributed by atoms with Gasteiger partial charge in [-0.1, -0.05) is 29.4 Å². The molecule has 0 atom stereocenters. The average molecular weight is 436 g/mol. The second-order valence-corrected chi connectivity index (χ2v) is 8.32. The van der Waals surface area contributed by atoms with Crippen LogP contribution in [0.3, 0.4) is 0 Å². The summed E-state index contributed by atoms with van der Waals surface area (Å²) >= 11 is 1.57. The summed E-state index contributed by atoms with van der Waals surface area (Å²) in [5.74, 6) is 1.19.